The molecule has 22 heavy (non-hydrogen) atoms. The molecule has 3 rings (SSSR count). The van der Waals surface area contributed by atoms with E-state index in [9.17, 15) is 4.79 Å². The molecule has 1 amide bonds. The van der Waals surface area contributed by atoms with Crippen LogP contribution < -0.4 is 5.32 Å². The third-order valence-corrected chi connectivity index (χ3v) is 3.84. The minimum absolute atomic E-state index is 0.139. The van der Waals surface area contributed by atoms with E-state index in [0.717, 1.165) is 10.5 Å². The molecule has 0 unspecified atom stereocenters. The zero-order valence-corrected chi connectivity index (χ0v) is 12.6. The van der Waals surface area contributed by atoms with E-state index in [1.807, 2.05) is 42.7 Å². The summed E-state index contributed by atoms with van der Waals surface area (Å²) in [5.74, 6) is 0.380. The second kappa shape index (κ2) is 6.40. The molecular weight excluding hydrogens is 298 g/mol. The van der Waals surface area contributed by atoms with Crippen LogP contribution in [0.3, 0.4) is 0 Å². The molecule has 0 atom stereocenters. The van der Waals surface area contributed by atoms with E-state index in [2.05, 4.69) is 25.9 Å². The topological polar surface area (TPSA) is 83.6 Å². The number of nitrogens with one attached hydrogen (secondary N) is 2. The first-order valence-corrected chi connectivity index (χ1v) is 7.78. The van der Waals surface area contributed by atoms with Gasteiger partial charge < -0.3 is 5.32 Å². The number of carbonyl (C=O) groups excluding carboxylic acids is 1. The molecule has 2 N–H and O–H groups in total. The van der Waals surface area contributed by atoms with Crippen molar-refractivity contribution >= 4 is 23.4 Å². The summed E-state index contributed by atoms with van der Waals surface area (Å²) in [6.45, 7) is 0. The van der Waals surface area contributed by atoms with Crippen LogP contribution >= 0.6 is 11.8 Å². The molecule has 0 bridgehead atoms. The van der Waals surface area contributed by atoms with E-state index in [1.54, 1.807) is 23.9 Å². The van der Waals surface area contributed by atoms with Crippen molar-refractivity contribution in [3.05, 3.63) is 54.1 Å². The molecule has 0 saturated carbocycles. The lowest BCUT2D eigenvalue weighted by Crippen LogP contribution is -2.11. The fourth-order valence-electron chi connectivity index (χ4n) is 1.93. The molecule has 6 nitrogen and oxygen atoms in total. The highest BCUT2D eigenvalue weighted by Gasteiger charge is 2.07. The Labute approximate surface area is 131 Å². The number of amides is 1. The van der Waals surface area contributed by atoms with Gasteiger partial charge in [-0.25, -0.2) is 0 Å². The average molecular weight is 311 g/mol. The molecular formula is C15H13N5OS. The lowest BCUT2D eigenvalue weighted by Gasteiger charge is -2.06. The normalized spacial score (nSPS) is 10.4. The highest BCUT2D eigenvalue weighted by atomic mass is 32.2. The lowest BCUT2D eigenvalue weighted by atomic mass is 10.1. The maximum absolute atomic E-state index is 12.2. The molecule has 1 aromatic heterocycles. The quantitative estimate of drug-likeness (QED) is 0.724. The lowest BCUT2D eigenvalue weighted by molar-refractivity contribution is 0.102. The van der Waals surface area contributed by atoms with Gasteiger partial charge in [-0.15, -0.1) is 22.0 Å². The number of benzene rings is 2. The molecule has 7 heteroatoms. The van der Waals surface area contributed by atoms with Crippen molar-refractivity contribution in [2.45, 2.75) is 4.90 Å². The zero-order valence-electron chi connectivity index (χ0n) is 11.8. The van der Waals surface area contributed by atoms with Gasteiger partial charge in [0.25, 0.3) is 5.91 Å². The van der Waals surface area contributed by atoms with Crippen molar-refractivity contribution < 1.29 is 4.79 Å². The van der Waals surface area contributed by atoms with Gasteiger partial charge in [0.2, 0.25) is 5.82 Å². The molecule has 0 radical (unpaired) electrons. The monoisotopic (exact) mass is 311 g/mol. The van der Waals surface area contributed by atoms with Crippen molar-refractivity contribution in [1.29, 1.82) is 0 Å². The Hall–Kier alpha value is -2.67. The molecule has 110 valence electrons. The van der Waals surface area contributed by atoms with Crippen molar-refractivity contribution in [2.24, 2.45) is 0 Å². The van der Waals surface area contributed by atoms with Crippen LogP contribution in [-0.4, -0.2) is 32.8 Å². The smallest absolute Gasteiger partial charge is 0.255 e. The van der Waals surface area contributed by atoms with E-state index in [0.29, 0.717) is 17.1 Å². The van der Waals surface area contributed by atoms with Gasteiger partial charge in [0.05, 0.1) is 0 Å². The fraction of sp³-hybridized carbons (Fsp3) is 0.0667. The Kier molecular flexibility index (Phi) is 4.15. The molecule has 3 aromatic rings. The van der Waals surface area contributed by atoms with Crippen LogP contribution in [0.4, 0.5) is 5.69 Å². The third-order valence-electron chi connectivity index (χ3n) is 3.10. The van der Waals surface area contributed by atoms with Gasteiger partial charge in [-0.3, -0.25) is 4.79 Å². The molecule has 0 aliphatic carbocycles. The number of aromatic nitrogens is 4. The molecule has 0 spiro atoms. The molecule has 0 saturated heterocycles. The van der Waals surface area contributed by atoms with Crippen molar-refractivity contribution in [3.63, 3.8) is 0 Å². The van der Waals surface area contributed by atoms with Gasteiger partial charge in [0, 0.05) is 21.7 Å². The largest absolute Gasteiger partial charge is 0.322 e. The molecule has 0 fully saturated rings. The predicted octanol–water partition coefficient (Wildman–Crippen LogP) is 2.84. The number of H-pyrrole nitrogens is 1. The minimum Gasteiger partial charge on any atom is -0.322 e. The molecule has 0 aliphatic rings. The summed E-state index contributed by atoms with van der Waals surface area (Å²) in [7, 11) is 0. The number of carbonyl (C=O) groups is 1. The SMILES string of the molecule is CSc1ccc(C(=O)Nc2ccc(-c3nn[nH]n3)cc2)cc1. The van der Waals surface area contributed by atoms with E-state index in [4.69, 9.17) is 0 Å². The number of hydrogen-bond donors (Lipinski definition) is 2. The maximum Gasteiger partial charge on any atom is 0.255 e. The first-order valence-electron chi connectivity index (χ1n) is 6.55. The van der Waals surface area contributed by atoms with Crippen molar-refractivity contribution in [2.75, 3.05) is 11.6 Å². The fourth-order valence-corrected chi connectivity index (χ4v) is 2.34. The van der Waals surface area contributed by atoms with Crippen LogP contribution in [-0.2, 0) is 0 Å². The number of hydrogen-bond acceptors (Lipinski definition) is 5. The van der Waals surface area contributed by atoms with Crippen LogP contribution in [0.1, 0.15) is 10.4 Å². The molecule has 2 aromatic carbocycles. The van der Waals surface area contributed by atoms with Crippen LogP contribution in [0.15, 0.2) is 53.4 Å². The van der Waals surface area contributed by atoms with E-state index in [-0.39, 0.29) is 5.91 Å². The number of rotatable bonds is 4. The first kappa shape index (κ1) is 14.3. The van der Waals surface area contributed by atoms with E-state index in [1.165, 1.54) is 0 Å². The van der Waals surface area contributed by atoms with Gasteiger partial charge in [-0.05, 0) is 60.0 Å². The Bertz CT molecular complexity index is 754. The first-order chi connectivity index (χ1) is 10.8. The predicted molar refractivity (Wildman–Crippen MR) is 85.8 cm³/mol. The van der Waals surface area contributed by atoms with Crippen LogP contribution in [0.5, 0.6) is 0 Å². The number of nitrogens with zero attached hydrogens (tertiary/aromatic N) is 3. The van der Waals surface area contributed by atoms with Gasteiger partial charge in [-0.2, -0.15) is 5.21 Å². The number of tetrazole rings is 1. The van der Waals surface area contributed by atoms with E-state index >= 15 is 0 Å². The standard InChI is InChI=1S/C15H13N5OS/c1-22-13-8-4-11(5-9-13)15(21)16-12-6-2-10(3-7-12)14-17-19-20-18-14/h2-9H,1H3,(H,16,21)(H,17,18,19,20). The summed E-state index contributed by atoms with van der Waals surface area (Å²) in [4.78, 5) is 13.3. The Morgan fingerprint density at radius 3 is 2.41 bits per heavy atom. The molecule has 1 heterocycles. The maximum atomic E-state index is 12.2. The summed E-state index contributed by atoms with van der Waals surface area (Å²) in [6, 6.07) is 14.8. The summed E-state index contributed by atoms with van der Waals surface area (Å²) in [5, 5.41) is 16.6. The minimum atomic E-state index is -0.139. The zero-order chi connectivity index (χ0) is 15.4. The highest BCUT2D eigenvalue weighted by Crippen LogP contribution is 2.18. The highest BCUT2D eigenvalue weighted by molar-refractivity contribution is 7.98. The Morgan fingerprint density at radius 2 is 1.82 bits per heavy atom. The van der Waals surface area contributed by atoms with Gasteiger partial charge in [0.15, 0.2) is 0 Å². The second-order valence-electron chi connectivity index (χ2n) is 4.50. The van der Waals surface area contributed by atoms with Gasteiger partial charge in [0.1, 0.15) is 0 Å². The summed E-state index contributed by atoms with van der Waals surface area (Å²) < 4.78 is 0. The Balaban J connectivity index is 1.71. The summed E-state index contributed by atoms with van der Waals surface area (Å²) >= 11 is 1.64. The summed E-state index contributed by atoms with van der Waals surface area (Å²) in [5.41, 5.74) is 2.17. The van der Waals surface area contributed by atoms with Gasteiger partial charge in [-0.1, -0.05) is 0 Å². The van der Waals surface area contributed by atoms with Crippen LogP contribution in [0, 0.1) is 0 Å². The molecule has 0 aliphatic heterocycles. The average Bonchev–Trinajstić information content (AvgIpc) is 3.10. The van der Waals surface area contributed by atoms with Crippen molar-refractivity contribution in [1.82, 2.24) is 20.6 Å². The second-order valence-corrected chi connectivity index (χ2v) is 5.38. The Morgan fingerprint density at radius 1 is 1.09 bits per heavy atom. The van der Waals surface area contributed by atoms with Crippen LogP contribution in [0.2, 0.25) is 0 Å². The van der Waals surface area contributed by atoms with E-state index < -0.39 is 0 Å². The number of thioether (sulfide) groups is 1. The number of aromatic amines is 1. The van der Waals surface area contributed by atoms with Crippen molar-refractivity contribution in [3.8, 4) is 11.4 Å². The number of anilines is 1. The van der Waals surface area contributed by atoms with Gasteiger partial charge >= 0.3 is 0 Å². The van der Waals surface area contributed by atoms with Crippen LogP contribution in [0.25, 0.3) is 11.4 Å². The summed E-state index contributed by atoms with van der Waals surface area (Å²) in [6.07, 6.45) is 2.00. The third kappa shape index (κ3) is 3.15.